The Labute approximate surface area is 197 Å². The van der Waals surface area contributed by atoms with Gasteiger partial charge in [-0.2, -0.15) is 0 Å². The Morgan fingerprint density at radius 1 is 1.06 bits per heavy atom. The lowest BCUT2D eigenvalue weighted by molar-refractivity contribution is 0.0760. The molecule has 33 heavy (non-hydrogen) atoms. The third kappa shape index (κ3) is 5.89. The standard InChI is InChI=1S/C29H34N2O2/c1-20-6-3-4-8-27(20)23-12-14-24(15-13-23)29(33)31-28(32)9-5-7-21-10-11-22-16-17-26(30-2)19-25(22)18-21/h3-4,6,8,10-15,18,26,28,30,32H,5,7,9,16-17,19H2,1-2H3,(H,31,33)/t26-,28?/m0/s1. The highest BCUT2D eigenvalue weighted by atomic mass is 16.3. The van der Waals surface area contributed by atoms with Crippen LogP contribution in [-0.2, 0) is 19.3 Å². The first-order valence-electron chi connectivity index (χ1n) is 12.0. The third-order valence-corrected chi connectivity index (χ3v) is 6.75. The van der Waals surface area contributed by atoms with Gasteiger partial charge in [-0.3, -0.25) is 4.79 Å². The van der Waals surface area contributed by atoms with Crippen LogP contribution in [0, 0.1) is 6.92 Å². The Morgan fingerprint density at radius 2 is 1.85 bits per heavy atom. The van der Waals surface area contributed by atoms with Crippen molar-refractivity contribution >= 4 is 5.91 Å². The van der Waals surface area contributed by atoms with E-state index in [-0.39, 0.29) is 5.91 Å². The number of fused-ring (bicyclic) bond motifs is 1. The SMILES string of the molecule is CN[C@H]1CCc2ccc(CCCC(O)NC(=O)c3ccc(-c4ccccc4C)cc3)cc2C1. The van der Waals surface area contributed by atoms with Gasteiger partial charge in [0.05, 0.1) is 0 Å². The molecule has 4 rings (SSSR count). The molecular formula is C29H34N2O2. The molecule has 4 nitrogen and oxygen atoms in total. The molecule has 0 bridgehead atoms. The van der Waals surface area contributed by atoms with E-state index in [4.69, 9.17) is 0 Å². The zero-order chi connectivity index (χ0) is 23.2. The van der Waals surface area contributed by atoms with Gasteiger partial charge in [0.2, 0.25) is 0 Å². The molecule has 1 unspecified atom stereocenters. The zero-order valence-electron chi connectivity index (χ0n) is 19.6. The maximum absolute atomic E-state index is 12.5. The van der Waals surface area contributed by atoms with Crippen LogP contribution in [-0.4, -0.2) is 30.3 Å². The average molecular weight is 443 g/mol. The maximum Gasteiger partial charge on any atom is 0.253 e. The summed E-state index contributed by atoms with van der Waals surface area (Å²) >= 11 is 0. The molecule has 1 aliphatic rings. The molecule has 0 saturated heterocycles. The van der Waals surface area contributed by atoms with Gasteiger partial charge in [0.25, 0.3) is 5.91 Å². The number of aryl methyl sites for hydroxylation is 3. The molecule has 0 radical (unpaired) electrons. The summed E-state index contributed by atoms with van der Waals surface area (Å²) in [6.07, 6.45) is 4.82. The van der Waals surface area contributed by atoms with E-state index in [0.29, 0.717) is 18.0 Å². The van der Waals surface area contributed by atoms with Crippen molar-refractivity contribution in [2.75, 3.05) is 7.05 Å². The second-order valence-electron chi connectivity index (χ2n) is 9.11. The van der Waals surface area contributed by atoms with E-state index in [2.05, 4.69) is 47.9 Å². The molecule has 3 aromatic carbocycles. The molecule has 2 atom stereocenters. The van der Waals surface area contributed by atoms with Crippen molar-refractivity contribution in [2.24, 2.45) is 0 Å². The van der Waals surface area contributed by atoms with Crippen LogP contribution >= 0.6 is 0 Å². The monoisotopic (exact) mass is 442 g/mol. The number of benzene rings is 3. The molecule has 1 amide bonds. The minimum atomic E-state index is -0.847. The van der Waals surface area contributed by atoms with Crippen molar-refractivity contribution in [3.63, 3.8) is 0 Å². The molecular weight excluding hydrogens is 408 g/mol. The molecule has 1 aliphatic carbocycles. The molecule has 0 aromatic heterocycles. The fourth-order valence-electron chi connectivity index (χ4n) is 4.72. The van der Waals surface area contributed by atoms with Gasteiger partial charge in [-0.15, -0.1) is 0 Å². The van der Waals surface area contributed by atoms with Crippen LogP contribution in [0.3, 0.4) is 0 Å². The molecule has 4 heteroatoms. The number of hydrogen-bond donors (Lipinski definition) is 3. The van der Waals surface area contributed by atoms with Crippen LogP contribution in [0.4, 0.5) is 0 Å². The van der Waals surface area contributed by atoms with Crippen molar-refractivity contribution < 1.29 is 9.90 Å². The normalized spacial score (nSPS) is 16.2. The van der Waals surface area contributed by atoms with E-state index in [1.807, 2.05) is 43.4 Å². The predicted molar refractivity (Wildman–Crippen MR) is 134 cm³/mol. The first-order chi connectivity index (χ1) is 16.0. The summed E-state index contributed by atoms with van der Waals surface area (Å²) in [5.41, 5.74) is 8.21. The van der Waals surface area contributed by atoms with Crippen LogP contribution in [0.2, 0.25) is 0 Å². The van der Waals surface area contributed by atoms with Crippen LogP contribution in [0.5, 0.6) is 0 Å². The predicted octanol–water partition coefficient (Wildman–Crippen LogP) is 4.81. The van der Waals surface area contributed by atoms with Crippen LogP contribution in [0.25, 0.3) is 11.1 Å². The second kappa shape index (κ2) is 10.8. The number of aliphatic hydroxyl groups is 1. The molecule has 0 saturated carbocycles. The molecule has 0 spiro atoms. The summed E-state index contributed by atoms with van der Waals surface area (Å²) in [6.45, 7) is 2.08. The minimum Gasteiger partial charge on any atom is -0.374 e. The lowest BCUT2D eigenvalue weighted by Gasteiger charge is -2.24. The highest BCUT2D eigenvalue weighted by molar-refractivity contribution is 5.94. The molecule has 0 heterocycles. The molecule has 3 aromatic rings. The topological polar surface area (TPSA) is 61.4 Å². The fourth-order valence-corrected chi connectivity index (χ4v) is 4.72. The Kier molecular flexibility index (Phi) is 7.58. The van der Waals surface area contributed by atoms with Gasteiger partial charge in [-0.25, -0.2) is 0 Å². The number of rotatable bonds is 8. The smallest absolute Gasteiger partial charge is 0.253 e. The zero-order valence-corrected chi connectivity index (χ0v) is 19.6. The Bertz CT molecular complexity index is 1090. The number of aliphatic hydroxyl groups excluding tert-OH is 1. The molecule has 3 N–H and O–H groups in total. The Hall–Kier alpha value is -2.95. The second-order valence-corrected chi connectivity index (χ2v) is 9.11. The van der Waals surface area contributed by atoms with Crippen molar-refractivity contribution in [2.45, 2.75) is 57.7 Å². The van der Waals surface area contributed by atoms with Gasteiger partial charge in [0, 0.05) is 11.6 Å². The van der Waals surface area contributed by atoms with E-state index < -0.39 is 6.23 Å². The van der Waals surface area contributed by atoms with Crippen molar-refractivity contribution in [1.82, 2.24) is 10.6 Å². The minimum absolute atomic E-state index is 0.245. The number of carbonyl (C=O) groups is 1. The summed E-state index contributed by atoms with van der Waals surface area (Å²) < 4.78 is 0. The largest absolute Gasteiger partial charge is 0.374 e. The first-order valence-corrected chi connectivity index (χ1v) is 12.0. The Morgan fingerprint density at radius 3 is 2.61 bits per heavy atom. The summed E-state index contributed by atoms with van der Waals surface area (Å²) in [6, 6.07) is 23.1. The first kappa shape index (κ1) is 23.2. The third-order valence-electron chi connectivity index (χ3n) is 6.75. The van der Waals surface area contributed by atoms with E-state index in [1.54, 1.807) is 0 Å². The van der Waals surface area contributed by atoms with Gasteiger partial charge < -0.3 is 15.7 Å². The summed E-state index contributed by atoms with van der Waals surface area (Å²) in [5, 5.41) is 16.5. The van der Waals surface area contributed by atoms with Crippen LogP contribution < -0.4 is 10.6 Å². The average Bonchev–Trinajstić information content (AvgIpc) is 2.84. The van der Waals surface area contributed by atoms with E-state index in [0.717, 1.165) is 36.8 Å². The van der Waals surface area contributed by atoms with E-state index in [1.165, 1.54) is 28.7 Å². The van der Waals surface area contributed by atoms with Crippen molar-refractivity contribution in [3.8, 4) is 11.1 Å². The van der Waals surface area contributed by atoms with Gasteiger partial charge in [0.15, 0.2) is 0 Å². The fraction of sp³-hybridized carbons (Fsp3) is 0.345. The quantitative estimate of drug-likeness (QED) is 0.439. The van der Waals surface area contributed by atoms with Gasteiger partial charge in [-0.1, -0.05) is 54.6 Å². The lowest BCUT2D eigenvalue weighted by Crippen LogP contribution is -2.34. The lowest BCUT2D eigenvalue weighted by atomic mass is 9.86. The summed E-state index contributed by atoms with van der Waals surface area (Å²) in [5.74, 6) is -0.245. The van der Waals surface area contributed by atoms with Crippen LogP contribution in [0.15, 0.2) is 66.7 Å². The highest BCUT2D eigenvalue weighted by Crippen LogP contribution is 2.24. The molecule has 172 valence electrons. The molecule has 0 aliphatic heterocycles. The maximum atomic E-state index is 12.5. The highest BCUT2D eigenvalue weighted by Gasteiger charge is 2.17. The van der Waals surface area contributed by atoms with Gasteiger partial charge in [-0.05, 0) is 98.0 Å². The van der Waals surface area contributed by atoms with E-state index >= 15 is 0 Å². The van der Waals surface area contributed by atoms with Crippen LogP contribution in [0.1, 0.15) is 51.9 Å². The van der Waals surface area contributed by atoms with Crippen molar-refractivity contribution in [1.29, 1.82) is 0 Å². The summed E-state index contributed by atoms with van der Waals surface area (Å²) in [4.78, 5) is 12.5. The number of hydrogen-bond acceptors (Lipinski definition) is 3. The number of carbonyl (C=O) groups excluding carboxylic acids is 1. The number of likely N-dealkylation sites (N-methyl/N-ethyl adjacent to an activating group) is 1. The number of amides is 1. The Balaban J connectivity index is 1.26. The van der Waals surface area contributed by atoms with Gasteiger partial charge in [0.1, 0.15) is 6.23 Å². The summed E-state index contributed by atoms with van der Waals surface area (Å²) in [7, 11) is 2.04. The number of nitrogens with one attached hydrogen (secondary N) is 2. The van der Waals surface area contributed by atoms with Gasteiger partial charge >= 0.3 is 0 Å². The molecule has 0 fully saturated rings. The van der Waals surface area contributed by atoms with Crippen molar-refractivity contribution in [3.05, 3.63) is 94.5 Å². The van der Waals surface area contributed by atoms with E-state index in [9.17, 15) is 9.90 Å².